The third-order valence-electron chi connectivity index (χ3n) is 4.83. The van der Waals surface area contributed by atoms with Gasteiger partial charge in [-0.05, 0) is 74.0 Å². The molecule has 9 heteroatoms. The summed E-state index contributed by atoms with van der Waals surface area (Å²) in [4.78, 5) is 13.4. The highest BCUT2D eigenvalue weighted by atomic mass is 35.5. The lowest BCUT2D eigenvalue weighted by atomic mass is 10.1. The van der Waals surface area contributed by atoms with Gasteiger partial charge < -0.3 is 9.73 Å². The second kappa shape index (κ2) is 7.64. The van der Waals surface area contributed by atoms with Crippen LogP contribution in [0.1, 0.15) is 21.9 Å². The number of benzene rings is 2. The van der Waals surface area contributed by atoms with E-state index < -0.39 is 0 Å². The van der Waals surface area contributed by atoms with Crippen LogP contribution < -0.4 is 5.32 Å². The van der Waals surface area contributed by atoms with Crippen LogP contribution in [0, 0.1) is 13.8 Å². The molecule has 5 aromatic rings. The summed E-state index contributed by atoms with van der Waals surface area (Å²) in [5, 5.41) is 17.1. The fourth-order valence-corrected chi connectivity index (χ4v) is 4.19. The van der Waals surface area contributed by atoms with Crippen LogP contribution in [0.5, 0.6) is 0 Å². The van der Waals surface area contributed by atoms with E-state index in [4.69, 9.17) is 16.0 Å². The van der Waals surface area contributed by atoms with Gasteiger partial charge in [0, 0.05) is 21.8 Å². The molecule has 3 heterocycles. The first-order chi connectivity index (χ1) is 15.0. The lowest BCUT2D eigenvalue weighted by Crippen LogP contribution is -2.11. The third kappa shape index (κ3) is 3.71. The number of hydrogen-bond donors (Lipinski definition) is 1. The largest absolute Gasteiger partial charge is 0.451 e. The topological polar surface area (TPSA) is 85.3 Å². The van der Waals surface area contributed by atoms with Crippen molar-refractivity contribution >= 4 is 39.5 Å². The highest BCUT2D eigenvalue weighted by molar-refractivity contribution is 7.19. The molecule has 0 spiro atoms. The third-order valence-corrected chi connectivity index (χ3v) is 6.03. The van der Waals surface area contributed by atoms with Crippen LogP contribution in [0.3, 0.4) is 0 Å². The zero-order valence-corrected chi connectivity index (χ0v) is 18.2. The van der Waals surface area contributed by atoms with Gasteiger partial charge in [0.2, 0.25) is 4.96 Å². The van der Waals surface area contributed by atoms with Gasteiger partial charge in [-0.2, -0.15) is 9.61 Å². The zero-order valence-electron chi connectivity index (χ0n) is 16.6. The van der Waals surface area contributed by atoms with Gasteiger partial charge in [-0.25, -0.2) is 0 Å². The molecule has 154 valence electrons. The summed E-state index contributed by atoms with van der Waals surface area (Å²) >= 11 is 7.39. The van der Waals surface area contributed by atoms with Crippen molar-refractivity contribution in [2.24, 2.45) is 0 Å². The number of nitrogens with one attached hydrogen (secondary N) is 1. The molecule has 0 aliphatic heterocycles. The van der Waals surface area contributed by atoms with E-state index in [9.17, 15) is 4.79 Å². The first-order valence-corrected chi connectivity index (χ1v) is 10.6. The number of aromatic nitrogens is 4. The lowest BCUT2D eigenvalue weighted by molar-refractivity contribution is 0.0997. The average molecular weight is 450 g/mol. The minimum absolute atomic E-state index is 0.234. The van der Waals surface area contributed by atoms with Crippen molar-refractivity contribution in [3.63, 3.8) is 0 Å². The van der Waals surface area contributed by atoms with Gasteiger partial charge in [0.15, 0.2) is 11.6 Å². The van der Waals surface area contributed by atoms with Crippen molar-refractivity contribution < 1.29 is 9.21 Å². The number of carbonyl (C=O) groups excluding carboxylic acids is 1. The molecule has 1 amide bonds. The minimum Gasteiger partial charge on any atom is -0.451 e. The van der Waals surface area contributed by atoms with Crippen molar-refractivity contribution in [3.8, 4) is 21.9 Å². The molecule has 0 saturated carbocycles. The highest BCUT2D eigenvalue weighted by Gasteiger charge is 2.15. The molecule has 0 bridgehead atoms. The number of anilines is 1. The number of amides is 1. The molecule has 0 aliphatic rings. The molecule has 0 aliphatic carbocycles. The Balaban J connectivity index is 1.35. The summed E-state index contributed by atoms with van der Waals surface area (Å²) in [7, 11) is 0. The number of fused-ring (bicyclic) bond motifs is 1. The Bertz CT molecular complexity index is 1420. The summed E-state index contributed by atoms with van der Waals surface area (Å²) in [6.07, 6.45) is 0. The molecular formula is C22H16ClN5O2S. The summed E-state index contributed by atoms with van der Waals surface area (Å²) in [5.74, 6) is 1.27. The number of hydrogen-bond acceptors (Lipinski definition) is 6. The number of furan rings is 1. The number of carbonyl (C=O) groups is 1. The molecule has 5 rings (SSSR count). The van der Waals surface area contributed by atoms with Gasteiger partial charge in [0.25, 0.3) is 5.91 Å². The first-order valence-electron chi connectivity index (χ1n) is 9.45. The van der Waals surface area contributed by atoms with E-state index >= 15 is 0 Å². The van der Waals surface area contributed by atoms with Gasteiger partial charge in [-0.3, -0.25) is 4.79 Å². The maximum absolute atomic E-state index is 12.7. The number of aryl methyl sites for hydroxylation is 2. The van der Waals surface area contributed by atoms with Gasteiger partial charge in [-0.1, -0.05) is 22.9 Å². The number of nitrogens with zero attached hydrogens (tertiary/aromatic N) is 4. The molecule has 0 atom stereocenters. The number of rotatable bonds is 4. The Labute approximate surface area is 186 Å². The second-order valence-corrected chi connectivity index (χ2v) is 8.40. The Morgan fingerprint density at radius 3 is 2.55 bits per heavy atom. The molecule has 7 nitrogen and oxygen atoms in total. The molecule has 0 radical (unpaired) electrons. The van der Waals surface area contributed by atoms with Gasteiger partial charge in [-0.15, -0.1) is 10.2 Å². The average Bonchev–Trinajstić information content (AvgIpc) is 3.48. The molecule has 0 saturated heterocycles. The van der Waals surface area contributed by atoms with Crippen LogP contribution in [0.15, 0.2) is 59.0 Å². The Morgan fingerprint density at radius 2 is 1.81 bits per heavy atom. The van der Waals surface area contributed by atoms with Crippen molar-refractivity contribution in [2.45, 2.75) is 13.8 Å². The zero-order chi connectivity index (χ0) is 21.5. The fourth-order valence-electron chi connectivity index (χ4n) is 3.18. The van der Waals surface area contributed by atoms with E-state index in [1.54, 1.807) is 28.8 Å². The van der Waals surface area contributed by atoms with Crippen LogP contribution in [0.4, 0.5) is 5.69 Å². The maximum Gasteiger partial charge on any atom is 0.291 e. The number of halogens is 1. The van der Waals surface area contributed by atoms with E-state index in [1.165, 1.54) is 11.3 Å². The van der Waals surface area contributed by atoms with Crippen molar-refractivity contribution in [2.75, 3.05) is 5.32 Å². The van der Waals surface area contributed by atoms with Crippen LogP contribution in [-0.2, 0) is 0 Å². The summed E-state index contributed by atoms with van der Waals surface area (Å²) in [6.45, 7) is 3.80. The predicted octanol–water partition coefficient (Wildman–Crippen LogP) is 5.64. The summed E-state index contributed by atoms with van der Waals surface area (Å²) < 4.78 is 7.46. The molecule has 1 N–H and O–H groups in total. The lowest BCUT2D eigenvalue weighted by Gasteiger charge is -2.08. The van der Waals surface area contributed by atoms with Crippen molar-refractivity contribution in [1.29, 1.82) is 0 Å². The normalized spacial score (nSPS) is 11.2. The molecule has 2 aromatic carbocycles. The van der Waals surface area contributed by atoms with Crippen molar-refractivity contribution in [3.05, 3.63) is 76.8 Å². The van der Waals surface area contributed by atoms with Crippen LogP contribution in [-0.4, -0.2) is 25.7 Å². The monoisotopic (exact) mass is 449 g/mol. The van der Waals surface area contributed by atoms with Gasteiger partial charge in [0.05, 0.1) is 0 Å². The molecular weight excluding hydrogens is 434 g/mol. The van der Waals surface area contributed by atoms with E-state index in [-0.39, 0.29) is 11.7 Å². The molecule has 0 fully saturated rings. The Morgan fingerprint density at radius 1 is 1.03 bits per heavy atom. The SMILES string of the molecule is Cc1cc(-c2nn3c(C)nnc3s2)ccc1NC(=O)c1ccc(-c2ccc(Cl)cc2)o1. The summed E-state index contributed by atoms with van der Waals surface area (Å²) in [5.41, 5.74) is 3.42. The highest BCUT2D eigenvalue weighted by Crippen LogP contribution is 2.29. The van der Waals surface area contributed by atoms with Gasteiger partial charge >= 0.3 is 0 Å². The Hall–Kier alpha value is -3.49. The fraction of sp³-hybridized carbons (Fsp3) is 0.0909. The van der Waals surface area contributed by atoms with Gasteiger partial charge in [0.1, 0.15) is 10.8 Å². The molecule has 3 aromatic heterocycles. The minimum atomic E-state index is -0.314. The van der Waals surface area contributed by atoms with E-state index in [2.05, 4.69) is 20.6 Å². The standard InChI is InChI=1S/C22H16ClN5O2S/c1-12-11-15(21-27-28-13(2)25-26-22(28)31-21)5-8-17(12)24-20(29)19-10-9-18(30-19)14-3-6-16(23)7-4-14/h3-11H,1-2H3,(H,24,29). The van der Waals surface area contributed by atoms with Crippen LogP contribution in [0.25, 0.3) is 26.9 Å². The van der Waals surface area contributed by atoms with Crippen LogP contribution >= 0.6 is 22.9 Å². The smallest absolute Gasteiger partial charge is 0.291 e. The van der Waals surface area contributed by atoms with Crippen molar-refractivity contribution in [1.82, 2.24) is 19.8 Å². The molecule has 0 unspecified atom stereocenters. The maximum atomic E-state index is 12.7. The first kappa shape index (κ1) is 19.5. The van der Waals surface area contributed by atoms with E-state index in [1.807, 2.05) is 44.2 Å². The second-order valence-electron chi connectivity index (χ2n) is 7.00. The predicted molar refractivity (Wildman–Crippen MR) is 121 cm³/mol. The van der Waals surface area contributed by atoms with Crippen LogP contribution in [0.2, 0.25) is 5.02 Å². The summed E-state index contributed by atoms with van der Waals surface area (Å²) in [6, 6.07) is 16.4. The quantitative estimate of drug-likeness (QED) is 0.384. The Kier molecular flexibility index (Phi) is 4.80. The molecule has 31 heavy (non-hydrogen) atoms. The van der Waals surface area contributed by atoms with E-state index in [0.717, 1.165) is 32.5 Å². The van der Waals surface area contributed by atoms with E-state index in [0.29, 0.717) is 16.5 Å².